The van der Waals surface area contributed by atoms with E-state index in [4.69, 9.17) is 19.9 Å². The minimum atomic E-state index is -5.08. The number of para-hydroxylation sites is 1. The number of anilines is 3. The Morgan fingerprint density at radius 3 is 2.21 bits per heavy atom. The molecule has 53 heavy (non-hydrogen) atoms. The van der Waals surface area contributed by atoms with Crippen LogP contribution in [0.25, 0.3) is 11.3 Å². The fourth-order valence-electron chi connectivity index (χ4n) is 6.11. The number of rotatable bonds is 9. The van der Waals surface area contributed by atoms with Crippen LogP contribution in [0.15, 0.2) is 66.7 Å². The number of fused-ring (bicyclic) bond motifs is 1. The largest absolute Gasteiger partial charge is 0.490 e. The normalized spacial score (nSPS) is 14.9. The Morgan fingerprint density at radius 2 is 1.60 bits per heavy atom. The predicted molar refractivity (Wildman–Crippen MR) is 188 cm³/mol. The van der Waals surface area contributed by atoms with Crippen molar-refractivity contribution in [3.05, 3.63) is 101 Å². The van der Waals surface area contributed by atoms with Gasteiger partial charge in [-0.3, -0.25) is 9.69 Å². The van der Waals surface area contributed by atoms with Gasteiger partial charge in [-0.25, -0.2) is 28.3 Å². The van der Waals surface area contributed by atoms with E-state index in [0.29, 0.717) is 28.9 Å². The van der Waals surface area contributed by atoms with E-state index >= 15 is 8.78 Å². The summed E-state index contributed by atoms with van der Waals surface area (Å²) in [6.45, 7) is 8.07. The lowest BCUT2D eigenvalue weighted by atomic mass is 9.97. The molecule has 6 rings (SSSR count). The molecule has 3 aromatic carbocycles. The molecule has 1 unspecified atom stereocenters. The zero-order valence-corrected chi connectivity index (χ0v) is 29.1. The van der Waals surface area contributed by atoms with Crippen LogP contribution in [0, 0.1) is 18.6 Å². The van der Waals surface area contributed by atoms with E-state index in [9.17, 15) is 22.8 Å². The van der Waals surface area contributed by atoms with E-state index in [1.54, 1.807) is 12.1 Å². The van der Waals surface area contributed by atoms with Crippen molar-refractivity contribution >= 4 is 35.4 Å². The molecule has 3 heterocycles. The van der Waals surface area contributed by atoms with E-state index in [-0.39, 0.29) is 36.3 Å². The summed E-state index contributed by atoms with van der Waals surface area (Å²) in [6, 6.07) is 18.2. The molecule has 2 aliphatic heterocycles. The number of alkyl halides is 3. The summed E-state index contributed by atoms with van der Waals surface area (Å²) in [7, 11) is 0. The topological polar surface area (TPSA) is 140 Å². The number of benzene rings is 3. The maximum atomic E-state index is 15.2. The smallest absolute Gasteiger partial charge is 0.475 e. The fourth-order valence-corrected chi connectivity index (χ4v) is 6.11. The first kappa shape index (κ1) is 38.6. The quantitative estimate of drug-likeness (QED) is 0.133. The van der Waals surface area contributed by atoms with Gasteiger partial charge in [0.1, 0.15) is 17.3 Å². The molecule has 0 saturated carbocycles. The van der Waals surface area contributed by atoms with Gasteiger partial charge in [-0.15, -0.1) is 0 Å². The number of likely N-dealkylation sites (tertiary alicyclic amines) is 1. The molecule has 16 heteroatoms. The predicted octanol–water partition coefficient (Wildman–Crippen LogP) is 7.11. The van der Waals surface area contributed by atoms with Crippen LogP contribution < -0.4 is 20.9 Å². The van der Waals surface area contributed by atoms with Crippen LogP contribution in [0.3, 0.4) is 0 Å². The third-order valence-electron chi connectivity index (χ3n) is 8.61. The molecule has 0 spiro atoms. The molecule has 4 aromatic rings. The van der Waals surface area contributed by atoms with Gasteiger partial charge >= 0.3 is 18.2 Å². The number of aromatic nitrogens is 2. The van der Waals surface area contributed by atoms with E-state index < -0.39 is 35.5 Å². The summed E-state index contributed by atoms with van der Waals surface area (Å²) >= 11 is 0. The summed E-state index contributed by atoms with van der Waals surface area (Å²) in [4.78, 5) is 48.2. The van der Waals surface area contributed by atoms with Crippen molar-refractivity contribution in [2.24, 2.45) is 0 Å². The number of nitrogens with one attached hydrogen (secondary N) is 3. The Hall–Kier alpha value is -5.64. The molecule has 0 bridgehead atoms. The zero-order chi connectivity index (χ0) is 38.4. The van der Waals surface area contributed by atoms with Crippen molar-refractivity contribution in [2.75, 3.05) is 29.9 Å². The summed E-state index contributed by atoms with van der Waals surface area (Å²) < 4.78 is 62.1. The highest BCUT2D eigenvalue weighted by Gasteiger charge is 2.38. The Labute approximate surface area is 302 Å². The molecule has 280 valence electrons. The first-order valence-corrected chi connectivity index (χ1v) is 16.8. The number of carboxylic acids is 1. The Morgan fingerprint density at radius 1 is 0.962 bits per heavy atom. The van der Waals surface area contributed by atoms with Crippen LogP contribution in [-0.2, 0) is 11.3 Å². The number of carbonyl (C=O) groups is 3. The molecular formula is C37H38F5N7O4. The summed E-state index contributed by atoms with van der Waals surface area (Å²) in [5.74, 6) is -4.54. The van der Waals surface area contributed by atoms with Gasteiger partial charge in [0, 0.05) is 29.3 Å². The van der Waals surface area contributed by atoms with Gasteiger partial charge in [0.2, 0.25) is 5.95 Å². The Kier molecular flexibility index (Phi) is 11.9. The minimum absolute atomic E-state index is 0.0264. The molecule has 1 saturated heterocycles. The number of halogens is 5. The lowest BCUT2D eigenvalue weighted by molar-refractivity contribution is -0.192. The molecule has 11 nitrogen and oxygen atoms in total. The van der Waals surface area contributed by atoms with Crippen LogP contribution in [0.1, 0.15) is 59.8 Å². The lowest BCUT2D eigenvalue weighted by Crippen LogP contribution is -2.43. The van der Waals surface area contributed by atoms with Crippen molar-refractivity contribution in [1.29, 1.82) is 0 Å². The van der Waals surface area contributed by atoms with Gasteiger partial charge in [0.15, 0.2) is 5.82 Å². The molecule has 1 atom stereocenters. The second-order valence-corrected chi connectivity index (χ2v) is 12.8. The van der Waals surface area contributed by atoms with Crippen LogP contribution in [0.5, 0.6) is 0 Å². The molecule has 2 aliphatic rings. The van der Waals surface area contributed by atoms with Crippen molar-refractivity contribution in [3.63, 3.8) is 0 Å². The third-order valence-corrected chi connectivity index (χ3v) is 8.61. The second kappa shape index (κ2) is 16.4. The second-order valence-electron chi connectivity index (χ2n) is 12.8. The average Bonchev–Trinajstić information content (AvgIpc) is 3.64. The summed E-state index contributed by atoms with van der Waals surface area (Å²) in [6.07, 6.45) is -2.86. The third kappa shape index (κ3) is 9.06. The summed E-state index contributed by atoms with van der Waals surface area (Å²) in [5.41, 5.74) is 3.43. The maximum absolute atomic E-state index is 15.2. The molecule has 4 N–H and O–H groups in total. The highest BCUT2D eigenvalue weighted by molar-refractivity contribution is 6.02. The average molecular weight is 740 g/mol. The molecule has 1 fully saturated rings. The SMILES string of the molecule is Cc1ccc(C(=O)NC(C)C)cc1-c1nc(NCC(c2ccccc2)N2CCCC2)nc2c1CNC(=O)N2c1c(F)cccc1F.O=C(O)C(F)(F)F. The number of carboxylic acid groups (broad SMARTS) is 1. The van der Waals surface area contributed by atoms with Crippen molar-refractivity contribution in [3.8, 4) is 11.3 Å². The van der Waals surface area contributed by atoms with Crippen LogP contribution in [-0.4, -0.2) is 69.7 Å². The van der Waals surface area contributed by atoms with Crippen LogP contribution >= 0.6 is 0 Å². The number of amides is 3. The molecule has 3 amide bonds. The van der Waals surface area contributed by atoms with Crippen LogP contribution in [0.2, 0.25) is 0 Å². The zero-order valence-electron chi connectivity index (χ0n) is 29.1. The first-order valence-electron chi connectivity index (χ1n) is 16.8. The van der Waals surface area contributed by atoms with E-state index in [1.165, 1.54) is 6.07 Å². The van der Waals surface area contributed by atoms with Gasteiger partial charge in [0.05, 0.1) is 18.3 Å². The van der Waals surface area contributed by atoms with Crippen molar-refractivity contribution in [2.45, 2.75) is 58.4 Å². The van der Waals surface area contributed by atoms with Gasteiger partial charge in [0.25, 0.3) is 5.91 Å². The number of hydrogen-bond acceptors (Lipinski definition) is 7. The standard InChI is InChI=1S/C35H37F2N7O2.C2HF3O2/c1-21(2)40-33(45)24-15-14-22(3)25(18-24)30-26-19-39-35(46)44(31-27(36)12-9-13-28(31)37)32(26)42-34(41-30)38-20-29(43-16-7-8-17-43)23-10-5-4-6-11-23;3-2(4,5)1(6)7/h4-6,9-15,18,21,29H,7-8,16-17,19-20H2,1-3H3,(H,39,46)(H,40,45)(H,38,41,42);(H,6,7). The van der Waals surface area contributed by atoms with Gasteiger partial charge in [-0.1, -0.05) is 42.5 Å². The number of hydrogen-bond donors (Lipinski definition) is 4. The minimum Gasteiger partial charge on any atom is -0.475 e. The number of nitrogens with zero attached hydrogens (tertiary/aromatic N) is 4. The summed E-state index contributed by atoms with van der Waals surface area (Å²) in [5, 5.41) is 16.2. The number of aliphatic carboxylic acids is 1. The highest BCUT2D eigenvalue weighted by atomic mass is 19.4. The van der Waals surface area contributed by atoms with Crippen molar-refractivity contribution in [1.82, 2.24) is 25.5 Å². The Balaban J connectivity index is 0.000000705. The highest BCUT2D eigenvalue weighted by Crippen LogP contribution is 2.39. The number of urea groups is 1. The van der Waals surface area contributed by atoms with Crippen molar-refractivity contribution < 1.29 is 41.4 Å². The van der Waals surface area contributed by atoms with Gasteiger partial charge < -0.3 is 21.1 Å². The number of carbonyl (C=O) groups excluding carboxylic acids is 2. The van der Waals surface area contributed by atoms with Crippen LogP contribution in [0.4, 0.5) is 44.2 Å². The molecule has 1 aromatic heterocycles. The monoisotopic (exact) mass is 739 g/mol. The van der Waals surface area contributed by atoms with E-state index in [0.717, 1.165) is 54.1 Å². The molecular weight excluding hydrogens is 701 g/mol. The number of aryl methyl sites for hydroxylation is 1. The van der Waals surface area contributed by atoms with E-state index in [1.807, 2.05) is 45.0 Å². The Bertz CT molecular complexity index is 1950. The van der Waals surface area contributed by atoms with Gasteiger partial charge in [-0.2, -0.15) is 18.2 Å². The lowest BCUT2D eigenvalue weighted by Gasteiger charge is -2.31. The fraction of sp³-hybridized carbons (Fsp3) is 0.324. The molecule has 0 radical (unpaired) electrons. The van der Waals surface area contributed by atoms with Gasteiger partial charge in [-0.05, 0) is 82.1 Å². The van der Waals surface area contributed by atoms with E-state index in [2.05, 4.69) is 33.0 Å². The first-order chi connectivity index (χ1) is 25.1. The molecule has 0 aliphatic carbocycles. The maximum Gasteiger partial charge on any atom is 0.490 e.